The van der Waals surface area contributed by atoms with Gasteiger partial charge in [0.2, 0.25) is 5.91 Å². The van der Waals surface area contributed by atoms with Gasteiger partial charge in [-0.25, -0.2) is 0 Å². The number of carbonyl (C=O) groups is 2. The van der Waals surface area contributed by atoms with E-state index >= 15 is 0 Å². The molecule has 0 aliphatic heterocycles. The van der Waals surface area contributed by atoms with Crippen LogP contribution in [0, 0.1) is 0 Å². The van der Waals surface area contributed by atoms with E-state index in [0.717, 1.165) is 38.5 Å². The maximum absolute atomic E-state index is 12.5. The first-order valence-corrected chi connectivity index (χ1v) is 33.9. The molecule has 2 atom stereocenters. The Balaban J connectivity index is 3.32. The molecular formula is C68H133NO5. The second-order valence-electron chi connectivity index (χ2n) is 23.5. The molecule has 2 unspecified atom stereocenters. The van der Waals surface area contributed by atoms with E-state index in [2.05, 4.69) is 31.3 Å². The van der Waals surface area contributed by atoms with Gasteiger partial charge in [-0.3, -0.25) is 9.59 Å². The zero-order valence-corrected chi connectivity index (χ0v) is 50.4. The lowest BCUT2D eigenvalue weighted by atomic mass is 10.0. The van der Waals surface area contributed by atoms with Crippen LogP contribution in [0.25, 0.3) is 0 Å². The quantitative estimate of drug-likeness (QED) is 0.0320. The summed E-state index contributed by atoms with van der Waals surface area (Å²) >= 11 is 0. The van der Waals surface area contributed by atoms with Crippen LogP contribution in [-0.2, 0) is 14.3 Å². The van der Waals surface area contributed by atoms with E-state index < -0.39 is 12.1 Å². The molecule has 0 aromatic heterocycles. The van der Waals surface area contributed by atoms with E-state index in [4.69, 9.17) is 4.74 Å². The van der Waals surface area contributed by atoms with Gasteiger partial charge < -0.3 is 20.3 Å². The number of amides is 1. The summed E-state index contributed by atoms with van der Waals surface area (Å²) in [6, 6.07) is -0.539. The predicted molar refractivity (Wildman–Crippen MR) is 324 cm³/mol. The molecule has 6 nitrogen and oxygen atoms in total. The highest BCUT2D eigenvalue weighted by molar-refractivity contribution is 5.76. The Kier molecular flexibility index (Phi) is 62.9. The Morgan fingerprint density at radius 3 is 0.959 bits per heavy atom. The fourth-order valence-corrected chi connectivity index (χ4v) is 10.9. The van der Waals surface area contributed by atoms with Crippen molar-refractivity contribution in [3.05, 3.63) is 12.2 Å². The zero-order valence-electron chi connectivity index (χ0n) is 50.4. The maximum atomic E-state index is 12.5. The zero-order chi connectivity index (χ0) is 53.6. The number of aliphatic hydroxyl groups excluding tert-OH is 2. The number of hydrogen-bond donors (Lipinski definition) is 3. The van der Waals surface area contributed by atoms with Crippen LogP contribution in [0.1, 0.15) is 386 Å². The van der Waals surface area contributed by atoms with E-state index in [9.17, 15) is 19.8 Å². The lowest BCUT2D eigenvalue weighted by Gasteiger charge is -2.22. The first-order valence-electron chi connectivity index (χ1n) is 33.9. The number of hydrogen-bond acceptors (Lipinski definition) is 5. The summed E-state index contributed by atoms with van der Waals surface area (Å²) in [5.41, 5.74) is 0. The summed E-state index contributed by atoms with van der Waals surface area (Å²) in [5.74, 6) is -0.0141. The number of unbranched alkanes of at least 4 members (excludes halogenated alkanes) is 51. The molecule has 0 saturated heterocycles. The molecular weight excluding hydrogens is 911 g/mol. The van der Waals surface area contributed by atoms with Gasteiger partial charge in [0.25, 0.3) is 0 Å². The lowest BCUT2D eigenvalue weighted by molar-refractivity contribution is -0.143. The molecule has 0 heterocycles. The number of rotatable bonds is 64. The number of nitrogens with one attached hydrogen (secondary N) is 1. The third-order valence-corrected chi connectivity index (χ3v) is 16.1. The van der Waals surface area contributed by atoms with E-state index in [-0.39, 0.29) is 18.5 Å². The number of carbonyl (C=O) groups excluding carboxylic acids is 2. The summed E-state index contributed by atoms with van der Waals surface area (Å²) in [5, 5.41) is 23.3. The van der Waals surface area contributed by atoms with Crippen molar-refractivity contribution in [2.45, 2.75) is 398 Å². The van der Waals surface area contributed by atoms with Crippen molar-refractivity contribution in [2.24, 2.45) is 0 Å². The van der Waals surface area contributed by atoms with Crippen LogP contribution >= 0.6 is 0 Å². The first kappa shape index (κ1) is 72.6. The van der Waals surface area contributed by atoms with E-state index in [0.29, 0.717) is 25.9 Å². The molecule has 440 valence electrons. The third kappa shape index (κ3) is 59.8. The summed E-state index contributed by atoms with van der Waals surface area (Å²) in [7, 11) is 0. The Hall–Kier alpha value is -1.40. The largest absolute Gasteiger partial charge is 0.466 e. The minimum absolute atomic E-state index is 0.0169. The highest BCUT2D eigenvalue weighted by atomic mass is 16.5. The second kappa shape index (κ2) is 64.1. The molecule has 0 spiro atoms. The van der Waals surface area contributed by atoms with Crippen molar-refractivity contribution in [3.8, 4) is 0 Å². The van der Waals surface area contributed by atoms with Crippen LogP contribution in [0.5, 0.6) is 0 Å². The fraction of sp³-hybridized carbons (Fsp3) is 0.941. The first-order chi connectivity index (χ1) is 36.5. The van der Waals surface area contributed by atoms with Crippen molar-refractivity contribution >= 4 is 11.9 Å². The highest BCUT2D eigenvalue weighted by Gasteiger charge is 2.20. The maximum Gasteiger partial charge on any atom is 0.305 e. The van der Waals surface area contributed by atoms with Gasteiger partial charge in [-0.05, 0) is 51.4 Å². The summed E-state index contributed by atoms with van der Waals surface area (Å²) in [6.45, 7) is 4.98. The predicted octanol–water partition coefficient (Wildman–Crippen LogP) is 21.6. The van der Waals surface area contributed by atoms with Crippen LogP contribution < -0.4 is 5.32 Å². The molecule has 0 saturated carbocycles. The van der Waals surface area contributed by atoms with E-state index in [1.807, 2.05) is 0 Å². The lowest BCUT2D eigenvalue weighted by Crippen LogP contribution is -2.45. The minimum Gasteiger partial charge on any atom is -0.466 e. The Bertz CT molecular complexity index is 1110. The average Bonchev–Trinajstić information content (AvgIpc) is 3.40. The Labute approximate surface area is 463 Å². The normalized spacial score (nSPS) is 12.5. The van der Waals surface area contributed by atoms with E-state index in [1.54, 1.807) is 0 Å². The van der Waals surface area contributed by atoms with Gasteiger partial charge in [-0.1, -0.05) is 334 Å². The van der Waals surface area contributed by atoms with Gasteiger partial charge in [0.05, 0.1) is 25.4 Å². The molecule has 74 heavy (non-hydrogen) atoms. The van der Waals surface area contributed by atoms with E-state index in [1.165, 1.54) is 315 Å². The molecule has 0 fully saturated rings. The van der Waals surface area contributed by atoms with Crippen LogP contribution in [0.3, 0.4) is 0 Å². The molecule has 0 aromatic rings. The number of esters is 1. The van der Waals surface area contributed by atoms with Crippen LogP contribution in [-0.4, -0.2) is 47.4 Å². The van der Waals surface area contributed by atoms with Gasteiger partial charge in [-0.15, -0.1) is 0 Å². The monoisotopic (exact) mass is 1040 g/mol. The molecule has 0 rings (SSSR count). The molecule has 3 N–H and O–H groups in total. The van der Waals surface area contributed by atoms with Gasteiger partial charge in [0.15, 0.2) is 0 Å². The molecule has 1 amide bonds. The van der Waals surface area contributed by atoms with Crippen molar-refractivity contribution in [3.63, 3.8) is 0 Å². The molecule has 0 radical (unpaired) electrons. The van der Waals surface area contributed by atoms with Gasteiger partial charge >= 0.3 is 5.97 Å². The SMILES string of the molecule is CCCCCCCC/C=C\CCCCCCCCCCCC(=O)OCCCCCCCCCCCCCCCCCCCCCCCCCCCC(=O)NC(CO)C(O)CCCCCCCCCCCCCCC. The topological polar surface area (TPSA) is 95.9 Å². The molecule has 0 aromatic carbocycles. The van der Waals surface area contributed by atoms with Crippen molar-refractivity contribution in [1.29, 1.82) is 0 Å². The highest BCUT2D eigenvalue weighted by Crippen LogP contribution is 2.19. The van der Waals surface area contributed by atoms with Crippen molar-refractivity contribution in [1.82, 2.24) is 5.32 Å². The molecule has 0 aliphatic rings. The number of allylic oxidation sites excluding steroid dienone is 2. The molecule has 0 bridgehead atoms. The van der Waals surface area contributed by atoms with Gasteiger partial charge in [0.1, 0.15) is 0 Å². The Morgan fingerprint density at radius 2 is 0.635 bits per heavy atom. The van der Waals surface area contributed by atoms with Crippen LogP contribution in [0.2, 0.25) is 0 Å². The molecule has 6 heteroatoms. The van der Waals surface area contributed by atoms with Gasteiger partial charge in [-0.2, -0.15) is 0 Å². The molecule has 0 aliphatic carbocycles. The number of aliphatic hydroxyl groups is 2. The fourth-order valence-electron chi connectivity index (χ4n) is 10.9. The standard InChI is InChI=1S/C68H133NO5/c1-3-5-7-9-11-13-15-17-18-19-27-31-34-38-42-46-50-54-58-62-68(73)74-63-59-55-51-47-43-39-35-32-29-26-24-22-20-21-23-25-28-30-33-37-41-45-49-53-57-61-67(72)69-65(64-70)66(71)60-56-52-48-44-40-36-16-14-12-10-8-6-4-2/h17-18,65-66,70-71H,3-16,19-64H2,1-2H3,(H,69,72)/b18-17-. The van der Waals surface area contributed by atoms with Crippen LogP contribution in [0.15, 0.2) is 12.2 Å². The van der Waals surface area contributed by atoms with Gasteiger partial charge in [0, 0.05) is 12.8 Å². The number of ether oxygens (including phenoxy) is 1. The Morgan fingerprint density at radius 1 is 0.365 bits per heavy atom. The third-order valence-electron chi connectivity index (χ3n) is 16.1. The second-order valence-corrected chi connectivity index (χ2v) is 23.5. The summed E-state index contributed by atoms with van der Waals surface area (Å²) in [6.07, 6.45) is 78.2. The minimum atomic E-state index is -0.661. The summed E-state index contributed by atoms with van der Waals surface area (Å²) in [4.78, 5) is 24.6. The average molecular weight is 1040 g/mol. The van der Waals surface area contributed by atoms with Crippen molar-refractivity contribution < 1.29 is 24.5 Å². The van der Waals surface area contributed by atoms with Crippen molar-refractivity contribution in [2.75, 3.05) is 13.2 Å². The smallest absolute Gasteiger partial charge is 0.305 e. The van der Waals surface area contributed by atoms with Crippen LogP contribution in [0.4, 0.5) is 0 Å². The summed E-state index contributed by atoms with van der Waals surface area (Å²) < 4.78 is 5.51.